The van der Waals surface area contributed by atoms with E-state index in [0.717, 1.165) is 33.7 Å². The second-order valence-corrected chi connectivity index (χ2v) is 7.25. The molecule has 0 radical (unpaired) electrons. The molecule has 4 aromatic heterocycles. The van der Waals surface area contributed by atoms with Gasteiger partial charge in [-0.05, 0) is 32.9 Å². The zero-order chi connectivity index (χ0) is 21.4. The zero-order valence-corrected chi connectivity index (χ0v) is 17.0. The smallest absolute Gasteiger partial charge is 0.388 e. The van der Waals surface area contributed by atoms with E-state index in [4.69, 9.17) is 9.26 Å². The summed E-state index contributed by atoms with van der Waals surface area (Å²) in [5.41, 5.74) is 3.70. The lowest BCUT2D eigenvalue weighted by atomic mass is 10.1. The van der Waals surface area contributed by atoms with Gasteiger partial charge in [-0.2, -0.15) is 13.9 Å². The van der Waals surface area contributed by atoms with Gasteiger partial charge in [0.25, 0.3) is 0 Å². The van der Waals surface area contributed by atoms with Gasteiger partial charge in [0.1, 0.15) is 10.8 Å². The summed E-state index contributed by atoms with van der Waals surface area (Å²) in [6.07, 6.45) is 3.41. The molecule has 0 aliphatic carbocycles. The van der Waals surface area contributed by atoms with E-state index in [1.807, 2.05) is 13.8 Å². The molecule has 0 spiro atoms. The molecule has 0 aliphatic heterocycles. The van der Waals surface area contributed by atoms with E-state index >= 15 is 0 Å². The van der Waals surface area contributed by atoms with E-state index in [9.17, 15) is 13.6 Å². The van der Waals surface area contributed by atoms with Crippen LogP contribution < -0.4 is 4.74 Å². The summed E-state index contributed by atoms with van der Waals surface area (Å²) >= 11 is 0.919. The molecule has 0 bridgehead atoms. The van der Waals surface area contributed by atoms with Gasteiger partial charge in [0, 0.05) is 17.3 Å². The number of nitrogens with zero attached hydrogens (tertiary/aromatic N) is 4. The second-order valence-electron chi connectivity index (χ2n) is 6.25. The summed E-state index contributed by atoms with van der Waals surface area (Å²) in [6.45, 7) is 2.25. The third-order valence-corrected chi connectivity index (χ3v) is 5.39. The predicted molar refractivity (Wildman–Crippen MR) is 104 cm³/mol. The van der Waals surface area contributed by atoms with E-state index in [0.29, 0.717) is 16.3 Å². The number of hydrogen-bond donors (Lipinski definition) is 0. The molecular formula is C19H16F2N4O4S. The number of ether oxygens (including phenoxy) is 2. The van der Waals surface area contributed by atoms with Crippen molar-refractivity contribution in [2.75, 3.05) is 6.61 Å². The Morgan fingerprint density at radius 2 is 2.17 bits per heavy atom. The molecule has 0 amide bonds. The first-order valence-corrected chi connectivity index (χ1v) is 9.74. The van der Waals surface area contributed by atoms with Crippen LogP contribution in [0.25, 0.3) is 27.2 Å². The lowest BCUT2D eigenvalue weighted by molar-refractivity contribution is -0.0529. The molecule has 30 heavy (non-hydrogen) atoms. The fraction of sp³-hybridized carbons (Fsp3) is 0.263. The molecular weight excluding hydrogens is 418 g/mol. The summed E-state index contributed by atoms with van der Waals surface area (Å²) in [4.78, 5) is 16.1. The fourth-order valence-electron chi connectivity index (χ4n) is 3.09. The average Bonchev–Trinajstić information content (AvgIpc) is 3.38. The Bertz CT molecular complexity index is 1210. The Balaban J connectivity index is 1.82. The molecule has 4 rings (SSSR count). The highest BCUT2D eigenvalue weighted by Gasteiger charge is 2.24. The van der Waals surface area contributed by atoms with Crippen LogP contribution >= 0.6 is 11.3 Å². The van der Waals surface area contributed by atoms with E-state index in [1.165, 1.54) is 0 Å². The van der Waals surface area contributed by atoms with Crippen LogP contribution in [0.5, 0.6) is 5.88 Å². The number of aromatic nitrogens is 4. The Morgan fingerprint density at radius 3 is 2.83 bits per heavy atom. The molecule has 0 unspecified atom stereocenters. The van der Waals surface area contributed by atoms with Crippen LogP contribution in [-0.2, 0) is 4.74 Å². The monoisotopic (exact) mass is 434 g/mol. The number of alkyl halides is 2. The Morgan fingerprint density at radius 1 is 1.37 bits per heavy atom. The summed E-state index contributed by atoms with van der Waals surface area (Å²) in [5.74, 6) is -0.569. The van der Waals surface area contributed by atoms with Crippen molar-refractivity contribution in [1.29, 1.82) is 0 Å². The second kappa shape index (κ2) is 7.82. The highest BCUT2D eigenvalue weighted by atomic mass is 32.1. The molecule has 0 fully saturated rings. The Hall–Kier alpha value is -3.34. The molecule has 4 aromatic rings. The zero-order valence-electron chi connectivity index (χ0n) is 16.2. The van der Waals surface area contributed by atoms with E-state index < -0.39 is 18.5 Å². The Labute approximate surface area is 173 Å². The van der Waals surface area contributed by atoms with Crippen molar-refractivity contribution in [2.24, 2.45) is 0 Å². The molecule has 0 saturated carbocycles. The van der Waals surface area contributed by atoms with E-state index in [-0.39, 0.29) is 11.5 Å². The minimum Gasteiger partial charge on any atom is -0.462 e. The summed E-state index contributed by atoms with van der Waals surface area (Å²) in [7, 11) is 0. The topological polar surface area (TPSA) is 91.8 Å². The average molecular weight is 434 g/mol. The van der Waals surface area contributed by atoms with Crippen LogP contribution in [0.3, 0.4) is 0 Å². The van der Waals surface area contributed by atoms with Crippen molar-refractivity contribution >= 4 is 22.8 Å². The van der Waals surface area contributed by atoms with Gasteiger partial charge in [0.2, 0.25) is 5.88 Å². The van der Waals surface area contributed by atoms with Crippen LogP contribution in [0.1, 0.15) is 28.0 Å². The van der Waals surface area contributed by atoms with Crippen LogP contribution in [0.2, 0.25) is 0 Å². The first-order valence-electron chi connectivity index (χ1n) is 8.92. The number of pyridine rings is 1. The highest BCUT2D eigenvalue weighted by Crippen LogP contribution is 2.36. The number of fused-ring (bicyclic) bond motifs is 1. The van der Waals surface area contributed by atoms with Crippen molar-refractivity contribution in [1.82, 2.24) is 19.8 Å². The summed E-state index contributed by atoms with van der Waals surface area (Å²) in [5, 5.41) is 8.65. The summed E-state index contributed by atoms with van der Waals surface area (Å²) < 4.78 is 41.8. The van der Waals surface area contributed by atoms with Crippen LogP contribution in [-0.4, -0.2) is 38.9 Å². The van der Waals surface area contributed by atoms with Gasteiger partial charge in [-0.1, -0.05) is 5.16 Å². The molecule has 4 heterocycles. The van der Waals surface area contributed by atoms with Gasteiger partial charge < -0.3 is 14.0 Å². The van der Waals surface area contributed by atoms with Crippen LogP contribution in [0, 0.1) is 13.8 Å². The van der Waals surface area contributed by atoms with Crippen LogP contribution in [0.15, 0.2) is 29.0 Å². The number of halogens is 2. The lowest BCUT2D eigenvalue weighted by Gasteiger charge is -2.03. The number of esters is 1. The number of aryl methyl sites for hydroxylation is 2. The molecule has 0 aromatic carbocycles. The normalized spacial score (nSPS) is 11.4. The molecule has 8 nitrogen and oxygen atoms in total. The maximum Gasteiger partial charge on any atom is 0.388 e. The SMILES string of the molecule is CCOC(=O)c1sc(-c2ccn3ncc(-c4c(C)noc4C)c3c2)nc1OC(F)F. The number of thiazole rings is 1. The van der Waals surface area contributed by atoms with Crippen molar-refractivity contribution in [3.05, 3.63) is 40.9 Å². The first kappa shape index (κ1) is 20.0. The van der Waals surface area contributed by atoms with E-state index in [1.54, 1.807) is 36.0 Å². The number of rotatable bonds is 6. The number of carbonyl (C=O) groups is 1. The molecule has 11 heteroatoms. The molecule has 0 atom stereocenters. The standard InChI is InChI=1S/C19H16F2N4O4S/c1-4-27-18(26)15-16(28-19(20)21)23-17(30-15)11-5-6-25-13(7-11)12(8-22-25)14-9(2)24-29-10(14)3/h5-8,19H,4H2,1-3H3. The minimum atomic E-state index is -3.11. The lowest BCUT2D eigenvalue weighted by Crippen LogP contribution is -2.08. The van der Waals surface area contributed by atoms with Crippen molar-refractivity contribution in [3.8, 4) is 27.6 Å². The van der Waals surface area contributed by atoms with Gasteiger partial charge in [-0.3, -0.25) is 0 Å². The molecule has 0 saturated heterocycles. The van der Waals surface area contributed by atoms with E-state index in [2.05, 4.69) is 20.0 Å². The van der Waals surface area contributed by atoms with Crippen molar-refractivity contribution < 1.29 is 27.6 Å². The molecule has 0 N–H and O–H groups in total. The predicted octanol–water partition coefficient (Wildman–Crippen LogP) is 4.51. The van der Waals surface area contributed by atoms with Gasteiger partial charge >= 0.3 is 12.6 Å². The largest absolute Gasteiger partial charge is 0.462 e. The molecule has 0 aliphatic rings. The van der Waals surface area contributed by atoms with Crippen LogP contribution in [0.4, 0.5) is 8.78 Å². The maximum absolute atomic E-state index is 12.8. The highest BCUT2D eigenvalue weighted by molar-refractivity contribution is 7.17. The number of hydrogen-bond acceptors (Lipinski definition) is 8. The van der Waals surface area contributed by atoms with Gasteiger partial charge in [-0.15, -0.1) is 11.3 Å². The quantitative estimate of drug-likeness (QED) is 0.412. The molecule has 156 valence electrons. The van der Waals surface area contributed by atoms with Gasteiger partial charge in [-0.25, -0.2) is 14.3 Å². The number of carbonyl (C=O) groups excluding carboxylic acids is 1. The van der Waals surface area contributed by atoms with Crippen molar-refractivity contribution in [2.45, 2.75) is 27.4 Å². The third kappa shape index (κ3) is 3.52. The third-order valence-electron chi connectivity index (χ3n) is 4.33. The summed E-state index contributed by atoms with van der Waals surface area (Å²) in [6, 6.07) is 3.52. The van der Waals surface area contributed by atoms with Crippen molar-refractivity contribution in [3.63, 3.8) is 0 Å². The van der Waals surface area contributed by atoms with Gasteiger partial charge in [0.15, 0.2) is 4.88 Å². The first-order chi connectivity index (χ1) is 14.4. The Kier molecular flexibility index (Phi) is 5.20. The maximum atomic E-state index is 12.8. The fourth-order valence-corrected chi connectivity index (χ4v) is 3.98. The minimum absolute atomic E-state index is 0.1000. The van der Waals surface area contributed by atoms with Gasteiger partial charge in [0.05, 0.1) is 29.6 Å².